The van der Waals surface area contributed by atoms with Crippen LogP contribution in [0.4, 0.5) is 0 Å². The molecule has 0 radical (unpaired) electrons. The molecule has 0 saturated carbocycles. The second-order valence-corrected chi connectivity index (χ2v) is 5.28. The number of alkyl halides is 1. The molecule has 20 heavy (non-hydrogen) atoms. The third-order valence-corrected chi connectivity index (χ3v) is 3.34. The van der Waals surface area contributed by atoms with Gasteiger partial charge in [0.25, 0.3) is 0 Å². The van der Waals surface area contributed by atoms with Crippen LogP contribution in [0.1, 0.15) is 18.1 Å². The lowest BCUT2D eigenvalue weighted by Crippen LogP contribution is -2.36. The first-order chi connectivity index (χ1) is 9.51. The second-order valence-electron chi connectivity index (χ2n) is 5.01. The number of aliphatic hydroxyl groups excluding tert-OH is 1. The SMILES string of the molecule is COc1cc(C)ccc1CN(CC(C)CO)C(=O)CCl. The molecule has 0 aromatic heterocycles. The Morgan fingerprint density at radius 1 is 1.50 bits per heavy atom. The number of hydrogen-bond donors (Lipinski definition) is 1. The molecule has 0 heterocycles. The third-order valence-electron chi connectivity index (χ3n) is 3.11. The predicted molar refractivity (Wildman–Crippen MR) is 80.1 cm³/mol. The van der Waals surface area contributed by atoms with Crippen molar-refractivity contribution in [3.63, 3.8) is 0 Å². The summed E-state index contributed by atoms with van der Waals surface area (Å²) in [5.74, 6) is 0.564. The number of aryl methyl sites for hydroxylation is 1. The summed E-state index contributed by atoms with van der Waals surface area (Å²) in [4.78, 5) is 13.6. The van der Waals surface area contributed by atoms with E-state index in [1.807, 2.05) is 32.0 Å². The first kappa shape index (κ1) is 16.8. The van der Waals surface area contributed by atoms with E-state index in [1.165, 1.54) is 0 Å². The van der Waals surface area contributed by atoms with Crippen LogP contribution in [-0.4, -0.2) is 42.1 Å². The Kier molecular flexibility index (Phi) is 6.82. The average Bonchev–Trinajstić information content (AvgIpc) is 2.46. The van der Waals surface area contributed by atoms with E-state index in [0.717, 1.165) is 16.9 Å². The van der Waals surface area contributed by atoms with E-state index < -0.39 is 0 Å². The smallest absolute Gasteiger partial charge is 0.237 e. The van der Waals surface area contributed by atoms with Gasteiger partial charge in [-0.15, -0.1) is 11.6 Å². The number of amides is 1. The van der Waals surface area contributed by atoms with Crippen LogP contribution < -0.4 is 4.74 Å². The highest BCUT2D eigenvalue weighted by atomic mass is 35.5. The Hall–Kier alpha value is -1.26. The molecule has 0 fully saturated rings. The lowest BCUT2D eigenvalue weighted by Gasteiger charge is -2.25. The standard InChI is InChI=1S/C15H22ClNO3/c1-11-4-5-13(14(6-11)20-3)9-17(15(19)7-16)8-12(2)10-18/h4-6,12,18H,7-10H2,1-3H3. The van der Waals surface area contributed by atoms with E-state index in [1.54, 1.807) is 12.0 Å². The molecule has 1 atom stereocenters. The number of methoxy groups -OCH3 is 1. The number of nitrogens with zero attached hydrogens (tertiary/aromatic N) is 1. The largest absolute Gasteiger partial charge is 0.496 e. The van der Waals surface area contributed by atoms with Gasteiger partial charge in [0.2, 0.25) is 5.91 Å². The maximum atomic E-state index is 11.9. The molecule has 1 unspecified atom stereocenters. The second kappa shape index (κ2) is 8.12. The maximum Gasteiger partial charge on any atom is 0.237 e. The van der Waals surface area contributed by atoms with E-state index in [4.69, 9.17) is 21.4 Å². The fourth-order valence-corrected chi connectivity index (χ4v) is 2.13. The van der Waals surface area contributed by atoms with Crippen molar-refractivity contribution >= 4 is 17.5 Å². The fraction of sp³-hybridized carbons (Fsp3) is 0.533. The molecule has 1 rings (SSSR count). The van der Waals surface area contributed by atoms with E-state index in [2.05, 4.69) is 0 Å². The average molecular weight is 300 g/mol. The lowest BCUT2D eigenvalue weighted by atomic mass is 10.1. The molecule has 0 aliphatic carbocycles. The molecule has 1 aromatic rings. The number of benzene rings is 1. The molecular weight excluding hydrogens is 278 g/mol. The summed E-state index contributed by atoms with van der Waals surface area (Å²) in [6.07, 6.45) is 0. The van der Waals surface area contributed by atoms with Crippen LogP contribution in [-0.2, 0) is 11.3 Å². The number of carbonyl (C=O) groups is 1. The molecule has 0 aliphatic rings. The molecule has 1 N–H and O–H groups in total. The summed E-state index contributed by atoms with van der Waals surface area (Å²) in [5.41, 5.74) is 2.03. The van der Waals surface area contributed by atoms with Gasteiger partial charge >= 0.3 is 0 Å². The van der Waals surface area contributed by atoms with Crippen LogP contribution in [0.15, 0.2) is 18.2 Å². The van der Waals surface area contributed by atoms with Crippen molar-refractivity contribution in [2.24, 2.45) is 5.92 Å². The number of carbonyl (C=O) groups excluding carboxylic acids is 1. The van der Waals surface area contributed by atoms with Crippen molar-refractivity contribution < 1.29 is 14.6 Å². The summed E-state index contributed by atoms with van der Waals surface area (Å²) in [6, 6.07) is 5.87. The Morgan fingerprint density at radius 3 is 2.75 bits per heavy atom. The summed E-state index contributed by atoms with van der Waals surface area (Å²) < 4.78 is 5.35. The first-order valence-corrected chi connectivity index (χ1v) is 7.13. The van der Waals surface area contributed by atoms with Crippen molar-refractivity contribution in [1.29, 1.82) is 0 Å². The normalized spacial score (nSPS) is 12.1. The monoisotopic (exact) mass is 299 g/mol. The Labute approximate surface area is 125 Å². The number of hydrogen-bond acceptors (Lipinski definition) is 3. The molecule has 0 aliphatic heterocycles. The van der Waals surface area contributed by atoms with Gasteiger partial charge < -0.3 is 14.7 Å². The molecule has 0 spiro atoms. The topological polar surface area (TPSA) is 49.8 Å². The van der Waals surface area contributed by atoms with Crippen LogP contribution >= 0.6 is 11.6 Å². The highest BCUT2D eigenvalue weighted by molar-refractivity contribution is 6.27. The summed E-state index contributed by atoms with van der Waals surface area (Å²) in [6.45, 7) is 4.82. The zero-order chi connectivity index (χ0) is 15.1. The van der Waals surface area contributed by atoms with Crippen molar-refractivity contribution in [2.75, 3.05) is 26.1 Å². The summed E-state index contributed by atoms with van der Waals surface area (Å²) in [5, 5.41) is 9.15. The van der Waals surface area contributed by atoms with Gasteiger partial charge in [0, 0.05) is 25.3 Å². The van der Waals surface area contributed by atoms with Gasteiger partial charge in [0.15, 0.2) is 0 Å². The molecule has 0 saturated heterocycles. The number of aliphatic hydroxyl groups is 1. The van der Waals surface area contributed by atoms with E-state index in [-0.39, 0.29) is 24.3 Å². The zero-order valence-corrected chi connectivity index (χ0v) is 13.0. The Balaban J connectivity index is 2.91. The third kappa shape index (κ3) is 4.69. The number of halogens is 1. The van der Waals surface area contributed by atoms with Crippen molar-refractivity contribution in [1.82, 2.24) is 4.90 Å². The summed E-state index contributed by atoms with van der Waals surface area (Å²) >= 11 is 5.65. The molecule has 4 nitrogen and oxygen atoms in total. The van der Waals surface area contributed by atoms with Crippen LogP contribution in [0.5, 0.6) is 5.75 Å². The van der Waals surface area contributed by atoms with E-state index in [9.17, 15) is 4.79 Å². The van der Waals surface area contributed by atoms with Crippen LogP contribution in [0.2, 0.25) is 0 Å². The van der Waals surface area contributed by atoms with Gasteiger partial charge in [0.05, 0.1) is 7.11 Å². The van der Waals surface area contributed by atoms with E-state index >= 15 is 0 Å². The Bertz CT molecular complexity index is 451. The molecular formula is C15H22ClNO3. The molecule has 5 heteroatoms. The maximum absolute atomic E-state index is 11.9. The minimum atomic E-state index is -0.144. The highest BCUT2D eigenvalue weighted by Gasteiger charge is 2.17. The van der Waals surface area contributed by atoms with Crippen molar-refractivity contribution in [2.45, 2.75) is 20.4 Å². The predicted octanol–water partition coefficient (Wildman–Crippen LogP) is 2.20. The van der Waals surface area contributed by atoms with E-state index in [0.29, 0.717) is 13.1 Å². The number of ether oxygens (including phenoxy) is 1. The van der Waals surface area contributed by atoms with Gasteiger partial charge in [-0.25, -0.2) is 0 Å². The van der Waals surface area contributed by atoms with Gasteiger partial charge in [0.1, 0.15) is 11.6 Å². The highest BCUT2D eigenvalue weighted by Crippen LogP contribution is 2.22. The first-order valence-electron chi connectivity index (χ1n) is 6.60. The summed E-state index contributed by atoms with van der Waals surface area (Å²) in [7, 11) is 1.61. The van der Waals surface area contributed by atoms with Gasteiger partial charge in [-0.2, -0.15) is 0 Å². The number of rotatable bonds is 7. The Morgan fingerprint density at radius 2 is 2.20 bits per heavy atom. The van der Waals surface area contributed by atoms with Gasteiger partial charge in [-0.1, -0.05) is 19.1 Å². The van der Waals surface area contributed by atoms with Crippen molar-refractivity contribution in [3.8, 4) is 5.75 Å². The molecule has 0 bridgehead atoms. The zero-order valence-electron chi connectivity index (χ0n) is 12.2. The molecule has 1 aromatic carbocycles. The van der Waals surface area contributed by atoms with Gasteiger partial charge in [-0.3, -0.25) is 4.79 Å². The quantitative estimate of drug-likeness (QED) is 0.785. The molecule has 1 amide bonds. The van der Waals surface area contributed by atoms with Crippen LogP contribution in [0.3, 0.4) is 0 Å². The van der Waals surface area contributed by atoms with Crippen molar-refractivity contribution in [3.05, 3.63) is 29.3 Å². The van der Waals surface area contributed by atoms with Crippen LogP contribution in [0, 0.1) is 12.8 Å². The van der Waals surface area contributed by atoms with Crippen LogP contribution in [0.25, 0.3) is 0 Å². The van der Waals surface area contributed by atoms with Gasteiger partial charge in [-0.05, 0) is 24.5 Å². The minimum Gasteiger partial charge on any atom is -0.496 e. The fourth-order valence-electron chi connectivity index (χ4n) is 1.96. The molecule has 112 valence electrons. The lowest BCUT2D eigenvalue weighted by molar-refractivity contribution is -0.129. The minimum absolute atomic E-state index is 0.0126.